The summed E-state index contributed by atoms with van der Waals surface area (Å²) in [5.41, 5.74) is 6.01. The molecule has 1 heterocycles. The van der Waals surface area contributed by atoms with Gasteiger partial charge in [0.15, 0.2) is 0 Å². The Morgan fingerprint density at radius 1 is 0.971 bits per heavy atom. The summed E-state index contributed by atoms with van der Waals surface area (Å²) >= 11 is 0. The van der Waals surface area contributed by atoms with Crippen molar-refractivity contribution >= 4 is 22.5 Å². The third-order valence-corrected chi connectivity index (χ3v) is 5.34. The fourth-order valence-electron chi connectivity index (χ4n) is 3.66. The number of rotatable bonds is 7. The van der Waals surface area contributed by atoms with Gasteiger partial charge in [0.2, 0.25) is 0 Å². The molecule has 172 valence electrons. The number of fused-ring (bicyclic) bond motifs is 1. The molecule has 1 amide bonds. The molecule has 0 saturated carbocycles. The maximum absolute atomic E-state index is 13.2. The Labute approximate surface area is 197 Å². The van der Waals surface area contributed by atoms with E-state index in [9.17, 15) is 15.0 Å². The van der Waals surface area contributed by atoms with Gasteiger partial charge in [-0.05, 0) is 67.9 Å². The number of hydrazone groups is 1. The van der Waals surface area contributed by atoms with Gasteiger partial charge in [0.1, 0.15) is 17.2 Å². The van der Waals surface area contributed by atoms with Gasteiger partial charge in [0.05, 0.1) is 29.1 Å². The first kappa shape index (κ1) is 22.8. The average molecular weight is 456 g/mol. The lowest BCUT2D eigenvalue weighted by molar-refractivity contribution is 0.0956. The normalized spacial score (nSPS) is 11.4. The van der Waals surface area contributed by atoms with Gasteiger partial charge < -0.3 is 14.9 Å². The van der Waals surface area contributed by atoms with Crippen molar-refractivity contribution in [1.29, 1.82) is 0 Å². The number of hydrogen-bond acceptors (Lipinski definition) is 6. The highest BCUT2D eigenvalue weighted by Gasteiger charge is 2.15. The summed E-state index contributed by atoms with van der Waals surface area (Å²) in [7, 11) is 0. The van der Waals surface area contributed by atoms with E-state index in [4.69, 9.17) is 9.72 Å². The number of hydrogen-bond donors (Lipinski definition) is 3. The van der Waals surface area contributed by atoms with Crippen molar-refractivity contribution in [2.75, 3.05) is 6.61 Å². The summed E-state index contributed by atoms with van der Waals surface area (Å²) in [6.07, 6.45) is 0.436. The number of amides is 1. The maximum Gasteiger partial charge on any atom is 0.272 e. The van der Waals surface area contributed by atoms with Gasteiger partial charge in [0.25, 0.3) is 5.91 Å². The number of carbonyl (C=O) groups excluding carboxylic acids is 1. The van der Waals surface area contributed by atoms with Crippen molar-refractivity contribution in [1.82, 2.24) is 10.4 Å². The van der Waals surface area contributed by atoms with Crippen LogP contribution in [0.15, 0.2) is 77.9 Å². The summed E-state index contributed by atoms with van der Waals surface area (Å²) in [4.78, 5) is 17.9. The molecule has 1 aromatic heterocycles. The molecule has 0 spiro atoms. The van der Waals surface area contributed by atoms with E-state index >= 15 is 0 Å². The average Bonchev–Trinajstić information content (AvgIpc) is 2.86. The lowest BCUT2D eigenvalue weighted by Crippen LogP contribution is -2.20. The molecule has 4 aromatic rings. The van der Waals surface area contributed by atoms with Crippen molar-refractivity contribution in [2.45, 2.75) is 20.3 Å². The highest BCUT2D eigenvalue weighted by Crippen LogP contribution is 2.27. The molecular weight excluding hydrogens is 430 g/mol. The summed E-state index contributed by atoms with van der Waals surface area (Å²) in [6.45, 7) is 4.36. The fourth-order valence-corrected chi connectivity index (χ4v) is 3.66. The number of phenolic OH excluding ortho intramolecular Hbond substituents is 2. The Bertz CT molecular complexity index is 1360. The van der Waals surface area contributed by atoms with Crippen LogP contribution >= 0.6 is 0 Å². The Morgan fingerprint density at radius 2 is 1.74 bits per heavy atom. The molecule has 7 nitrogen and oxygen atoms in total. The van der Waals surface area contributed by atoms with Gasteiger partial charge in [-0.25, -0.2) is 10.4 Å². The van der Waals surface area contributed by atoms with Crippen molar-refractivity contribution in [3.8, 4) is 28.5 Å². The Morgan fingerprint density at radius 3 is 2.47 bits per heavy atom. The molecule has 0 aliphatic carbocycles. The number of para-hydroxylation sites is 1. The van der Waals surface area contributed by atoms with Crippen LogP contribution in [0, 0.1) is 0 Å². The zero-order chi connectivity index (χ0) is 24.1. The molecule has 0 fully saturated rings. The first-order valence-electron chi connectivity index (χ1n) is 11.0. The van der Waals surface area contributed by atoms with Gasteiger partial charge in [0, 0.05) is 16.5 Å². The third kappa shape index (κ3) is 4.83. The van der Waals surface area contributed by atoms with Crippen molar-refractivity contribution in [2.24, 2.45) is 5.10 Å². The molecule has 7 heteroatoms. The van der Waals surface area contributed by atoms with Crippen LogP contribution in [0.2, 0.25) is 0 Å². The fraction of sp³-hybridized carbons (Fsp3) is 0.148. The van der Waals surface area contributed by atoms with E-state index in [2.05, 4.69) is 10.5 Å². The quantitative estimate of drug-likeness (QED) is 0.200. The van der Waals surface area contributed by atoms with Crippen LogP contribution in [0.3, 0.4) is 0 Å². The van der Waals surface area contributed by atoms with Gasteiger partial charge in [-0.2, -0.15) is 5.10 Å². The van der Waals surface area contributed by atoms with E-state index in [1.54, 1.807) is 6.07 Å². The van der Waals surface area contributed by atoms with Crippen molar-refractivity contribution in [3.63, 3.8) is 0 Å². The Balaban J connectivity index is 1.70. The zero-order valence-corrected chi connectivity index (χ0v) is 18.9. The molecule has 3 N–H and O–H groups in total. The smallest absolute Gasteiger partial charge is 0.272 e. The van der Waals surface area contributed by atoms with E-state index in [1.165, 1.54) is 18.2 Å². The van der Waals surface area contributed by atoms with E-state index in [-0.39, 0.29) is 11.5 Å². The second-order valence-electron chi connectivity index (χ2n) is 7.58. The predicted molar refractivity (Wildman–Crippen MR) is 132 cm³/mol. The number of phenols is 2. The number of benzene rings is 3. The number of aromatic nitrogens is 1. The van der Waals surface area contributed by atoms with Gasteiger partial charge >= 0.3 is 0 Å². The standard InChI is InChI=1S/C27H25N3O4/c1-3-23(22-15-18(31)11-14-26(22)32)29-30-27(33)21-16-25(28-24-8-6-5-7-20(21)24)17-9-12-19(13-10-17)34-4-2/h5-16,31-32H,3-4H2,1-2H3,(H,30,33)/b29-23+. The van der Waals surface area contributed by atoms with Crippen LogP contribution in [-0.2, 0) is 0 Å². The minimum atomic E-state index is -0.406. The van der Waals surface area contributed by atoms with Crippen LogP contribution < -0.4 is 10.2 Å². The first-order chi connectivity index (χ1) is 16.5. The number of nitrogens with one attached hydrogen (secondary N) is 1. The lowest BCUT2D eigenvalue weighted by atomic mass is 10.0. The van der Waals surface area contributed by atoms with Gasteiger partial charge in [-0.3, -0.25) is 4.79 Å². The molecule has 0 bridgehead atoms. The topological polar surface area (TPSA) is 104 Å². The summed E-state index contributed by atoms with van der Waals surface area (Å²) in [5, 5.41) is 24.9. The summed E-state index contributed by atoms with van der Waals surface area (Å²) in [5.74, 6) is 0.332. The number of carbonyl (C=O) groups is 1. The molecule has 0 unspecified atom stereocenters. The molecule has 3 aromatic carbocycles. The summed E-state index contributed by atoms with van der Waals surface area (Å²) < 4.78 is 5.51. The Hall–Kier alpha value is -4.39. The third-order valence-electron chi connectivity index (χ3n) is 5.34. The zero-order valence-electron chi connectivity index (χ0n) is 18.9. The van der Waals surface area contributed by atoms with Crippen LogP contribution in [0.4, 0.5) is 0 Å². The number of ether oxygens (including phenoxy) is 1. The largest absolute Gasteiger partial charge is 0.508 e. The number of pyridine rings is 1. The SMILES string of the molecule is CCOc1ccc(-c2cc(C(=O)N/N=C(\CC)c3cc(O)ccc3O)c3ccccc3n2)cc1. The number of aromatic hydroxyl groups is 2. The molecule has 0 aliphatic rings. The molecule has 4 rings (SSSR count). The van der Waals surface area contributed by atoms with E-state index in [1.807, 2.05) is 62.4 Å². The molecule has 0 aliphatic heterocycles. The van der Waals surface area contributed by atoms with Gasteiger partial charge in [-0.1, -0.05) is 25.1 Å². The van der Waals surface area contributed by atoms with E-state index in [0.29, 0.717) is 46.5 Å². The molecular formula is C27H25N3O4. The van der Waals surface area contributed by atoms with Crippen LogP contribution in [0.1, 0.15) is 36.2 Å². The minimum Gasteiger partial charge on any atom is -0.508 e. The molecule has 0 atom stereocenters. The van der Waals surface area contributed by atoms with E-state index in [0.717, 1.165) is 11.3 Å². The second-order valence-corrected chi connectivity index (χ2v) is 7.58. The van der Waals surface area contributed by atoms with Crippen LogP contribution in [0.5, 0.6) is 17.2 Å². The monoisotopic (exact) mass is 455 g/mol. The summed E-state index contributed by atoms with van der Waals surface area (Å²) in [6, 6.07) is 20.9. The van der Waals surface area contributed by atoms with Crippen LogP contribution in [0.25, 0.3) is 22.2 Å². The molecule has 0 radical (unpaired) electrons. The second kappa shape index (κ2) is 10.0. The highest BCUT2D eigenvalue weighted by molar-refractivity contribution is 6.08. The first-order valence-corrected chi connectivity index (χ1v) is 11.0. The predicted octanol–water partition coefficient (Wildman–Crippen LogP) is 5.26. The molecule has 0 saturated heterocycles. The minimum absolute atomic E-state index is 0.000372. The maximum atomic E-state index is 13.2. The van der Waals surface area contributed by atoms with Gasteiger partial charge in [-0.15, -0.1) is 0 Å². The van der Waals surface area contributed by atoms with Crippen molar-refractivity contribution in [3.05, 3.63) is 83.9 Å². The van der Waals surface area contributed by atoms with Crippen molar-refractivity contribution < 1.29 is 19.7 Å². The number of nitrogens with zero attached hydrogens (tertiary/aromatic N) is 2. The van der Waals surface area contributed by atoms with Crippen LogP contribution in [-0.4, -0.2) is 33.4 Å². The Kier molecular flexibility index (Phi) is 6.73. The highest BCUT2D eigenvalue weighted by atomic mass is 16.5. The lowest BCUT2D eigenvalue weighted by Gasteiger charge is -2.11. The molecule has 34 heavy (non-hydrogen) atoms. The van der Waals surface area contributed by atoms with E-state index < -0.39 is 5.91 Å².